The highest BCUT2D eigenvalue weighted by Gasteiger charge is 2.32. The molecule has 0 radical (unpaired) electrons. The summed E-state index contributed by atoms with van der Waals surface area (Å²) in [7, 11) is 3.01. The van der Waals surface area contributed by atoms with Gasteiger partial charge in [-0.15, -0.1) is 13.2 Å². The summed E-state index contributed by atoms with van der Waals surface area (Å²) in [4.78, 5) is 21.3. The minimum atomic E-state index is -4.85. The number of rotatable bonds is 11. The summed E-state index contributed by atoms with van der Waals surface area (Å²) < 4.78 is 51.5. The molecule has 0 aliphatic carbocycles. The standard InChI is InChI=1S/C18H21BrF3N5O5/c1-11-23-16(25-14-5-4-12(10-13(14)19)32-18(20,21)22)15(27(28)29)17(24-11)26(6-8-30-2)7-9-31-3/h4-5,10H,6-9H2,1-3H3,(H,23,24,25). The molecular weight excluding hydrogens is 503 g/mol. The summed E-state index contributed by atoms with van der Waals surface area (Å²) in [5.41, 5.74) is -0.155. The molecule has 2 rings (SSSR count). The van der Waals surface area contributed by atoms with Crippen molar-refractivity contribution in [2.24, 2.45) is 0 Å². The third-order valence-electron chi connectivity index (χ3n) is 4.02. The lowest BCUT2D eigenvalue weighted by molar-refractivity contribution is -0.383. The van der Waals surface area contributed by atoms with E-state index in [9.17, 15) is 23.3 Å². The van der Waals surface area contributed by atoms with Gasteiger partial charge in [-0.25, -0.2) is 9.97 Å². The third kappa shape index (κ3) is 7.17. The van der Waals surface area contributed by atoms with Gasteiger partial charge < -0.3 is 24.4 Å². The number of aromatic nitrogens is 2. The number of hydrogen-bond acceptors (Lipinski definition) is 9. The number of nitro groups is 1. The third-order valence-corrected chi connectivity index (χ3v) is 4.67. The molecule has 176 valence electrons. The summed E-state index contributed by atoms with van der Waals surface area (Å²) in [6, 6.07) is 3.44. The van der Waals surface area contributed by atoms with Gasteiger partial charge in [-0.3, -0.25) is 10.1 Å². The molecule has 0 fully saturated rings. The number of nitrogens with one attached hydrogen (secondary N) is 1. The maximum absolute atomic E-state index is 12.4. The quantitative estimate of drug-likeness (QED) is 0.342. The van der Waals surface area contributed by atoms with E-state index in [-0.39, 0.29) is 27.6 Å². The van der Waals surface area contributed by atoms with Crippen LogP contribution in [0.25, 0.3) is 0 Å². The summed E-state index contributed by atoms with van der Waals surface area (Å²) in [6.45, 7) is 2.77. The molecule has 1 heterocycles. The second kappa shape index (κ2) is 11.2. The van der Waals surface area contributed by atoms with Crippen LogP contribution in [0.15, 0.2) is 22.7 Å². The SMILES string of the molecule is COCCN(CCOC)c1nc(C)nc(Nc2ccc(OC(F)(F)F)cc2Br)c1[N+](=O)[O-]. The Morgan fingerprint density at radius 2 is 1.81 bits per heavy atom. The van der Waals surface area contributed by atoms with E-state index in [1.165, 1.54) is 20.3 Å². The molecule has 0 bridgehead atoms. The Labute approximate surface area is 190 Å². The Hall–Kier alpha value is -2.71. The number of ether oxygens (including phenoxy) is 3. The molecule has 0 saturated heterocycles. The summed E-state index contributed by atoms with van der Waals surface area (Å²) in [6.07, 6.45) is -4.85. The van der Waals surface area contributed by atoms with Gasteiger partial charge in [0.15, 0.2) is 0 Å². The number of nitrogens with zero attached hydrogens (tertiary/aromatic N) is 4. The van der Waals surface area contributed by atoms with Crippen LogP contribution in [0.2, 0.25) is 0 Å². The van der Waals surface area contributed by atoms with E-state index in [2.05, 4.69) is 36.0 Å². The predicted molar refractivity (Wildman–Crippen MR) is 113 cm³/mol. The first kappa shape index (κ1) is 25.5. The fourth-order valence-corrected chi connectivity index (χ4v) is 3.13. The van der Waals surface area contributed by atoms with E-state index < -0.39 is 22.7 Å². The molecule has 2 aromatic rings. The lowest BCUT2D eigenvalue weighted by Crippen LogP contribution is -2.32. The molecule has 0 unspecified atom stereocenters. The van der Waals surface area contributed by atoms with Gasteiger partial charge in [-0.2, -0.15) is 0 Å². The number of hydrogen-bond donors (Lipinski definition) is 1. The minimum absolute atomic E-state index is 0.0623. The Morgan fingerprint density at radius 3 is 2.31 bits per heavy atom. The summed E-state index contributed by atoms with van der Waals surface area (Å²) >= 11 is 3.14. The highest BCUT2D eigenvalue weighted by molar-refractivity contribution is 9.10. The molecule has 0 saturated carbocycles. The number of aryl methyl sites for hydroxylation is 1. The van der Waals surface area contributed by atoms with Crippen LogP contribution in [-0.2, 0) is 9.47 Å². The largest absolute Gasteiger partial charge is 0.573 e. The molecule has 0 spiro atoms. The van der Waals surface area contributed by atoms with Gasteiger partial charge in [0.05, 0.1) is 23.8 Å². The van der Waals surface area contributed by atoms with Crippen molar-refractivity contribution in [3.8, 4) is 5.75 Å². The van der Waals surface area contributed by atoms with E-state index >= 15 is 0 Å². The van der Waals surface area contributed by atoms with E-state index in [0.717, 1.165) is 12.1 Å². The zero-order valence-electron chi connectivity index (χ0n) is 17.4. The molecule has 1 aromatic heterocycles. The highest BCUT2D eigenvalue weighted by Crippen LogP contribution is 2.37. The molecule has 0 amide bonds. The minimum Gasteiger partial charge on any atom is -0.406 e. The van der Waals surface area contributed by atoms with Crippen LogP contribution in [0.5, 0.6) is 5.75 Å². The van der Waals surface area contributed by atoms with Crippen molar-refractivity contribution in [2.75, 3.05) is 50.7 Å². The van der Waals surface area contributed by atoms with Crippen LogP contribution in [0.1, 0.15) is 5.82 Å². The van der Waals surface area contributed by atoms with Gasteiger partial charge in [0.25, 0.3) is 0 Å². The smallest absolute Gasteiger partial charge is 0.406 e. The predicted octanol–water partition coefficient (Wildman–Crippen LogP) is 4.20. The summed E-state index contributed by atoms with van der Waals surface area (Å²) in [5, 5.41) is 14.7. The van der Waals surface area contributed by atoms with Crippen LogP contribution >= 0.6 is 15.9 Å². The number of alkyl halides is 3. The average molecular weight is 524 g/mol. The van der Waals surface area contributed by atoms with Crippen molar-refractivity contribution in [1.82, 2.24) is 9.97 Å². The molecular formula is C18H21BrF3N5O5. The van der Waals surface area contributed by atoms with Crippen LogP contribution in [0.3, 0.4) is 0 Å². The molecule has 0 atom stereocenters. The van der Waals surface area contributed by atoms with Gasteiger partial charge in [-0.1, -0.05) is 0 Å². The van der Waals surface area contributed by atoms with Gasteiger partial charge in [-0.05, 0) is 41.1 Å². The van der Waals surface area contributed by atoms with Crippen molar-refractivity contribution in [1.29, 1.82) is 0 Å². The molecule has 32 heavy (non-hydrogen) atoms. The Morgan fingerprint density at radius 1 is 1.19 bits per heavy atom. The van der Waals surface area contributed by atoms with Crippen molar-refractivity contribution < 1.29 is 32.3 Å². The second-order valence-corrected chi connectivity index (χ2v) is 7.19. The van der Waals surface area contributed by atoms with E-state index in [1.807, 2.05) is 0 Å². The van der Waals surface area contributed by atoms with Crippen molar-refractivity contribution in [2.45, 2.75) is 13.3 Å². The summed E-state index contributed by atoms with van der Waals surface area (Å²) in [5.74, 6) is -0.259. The Bertz CT molecular complexity index is 940. The zero-order chi connectivity index (χ0) is 23.9. The first-order valence-corrected chi connectivity index (χ1v) is 9.93. The van der Waals surface area contributed by atoms with Crippen LogP contribution in [0.4, 0.5) is 36.2 Å². The topological polar surface area (TPSA) is 112 Å². The van der Waals surface area contributed by atoms with Crippen molar-refractivity contribution >= 4 is 38.9 Å². The molecule has 0 aliphatic heterocycles. The molecule has 0 aliphatic rings. The Kier molecular flexibility index (Phi) is 8.98. The van der Waals surface area contributed by atoms with E-state index in [0.29, 0.717) is 26.3 Å². The maximum Gasteiger partial charge on any atom is 0.573 e. The van der Waals surface area contributed by atoms with Crippen LogP contribution < -0.4 is 15.0 Å². The molecule has 1 aromatic carbocycles. The zero-order valence-corrected chi connectivity index (χ0v) is 19.0. The van der Waals surface area contributed by atoms with Crippen molar-refractivity contribution in [3.63, 3.8) is 0 Å². The van der Waals surface area contributed by atoms with E-state index in [4.69, 9.17) is 9.47 Å². The van der Waals surface area contributed by atoms with Gasteiger partial charge in [0.2, 0.25) is 11.6 Å². The fraction of sp³-hybridized carbons (Fsp3) is 0.444. The number of benzene rings is 1. The normalized spacial score (nSPS) is 11.3. The number of halogens is 4. The molecule has 10 nitrogen and oxygen atoms in total. The second-order valence-electron chi connectivity index (χ2n) is 6.34. The van der Waals surface area contributed by atoms with Gasteiger partial charge >= 0.3 is 12.0 Å². The lowest BCUT2D eigenvalue weighted by atomic mass is 10.3. The monoisotopic (exact) mass is 523 g/mol. The first-order valence-electron chi connectivity index (χ1n) is 9.14. The average Bonchev–Trinajstić information content (AvgIpc) is 2.68. The number of anilines is 3. The van der Waals surface area contributed by atoms with Crippen molar-refractivity contribution in [3.05, 3.63) is 38.6 Å². The molecule has 14 heteroatoms. The number of methoxy groups -OCH3 is 2. The fourth-order valence-electron chi connectivity index (χ4n) is 2.68. The van der Waals surface area contributed by atoms with Gasteiger partial charge in [0, 0.05) is 31.8 Å². The van der Waals surface area contributed by atoms with Crippen LogP contribution in [0, 0.1) is 17.0 Å². The highest BCUT2D eigenvalue weighted by atomic mass is 79.9. The Balaban J connectivity index is 2.46. The lowest BCUT2D eigenvalue weighted by Gasteiger charge is -2.23. The van der Waals surface area contributed by atoms with Crippen LogP contribution in [-0.4, -0.2) is 61.8 Å². The first-order chi connectivity index (χ1) is 15.1. The maximum atomic E-state index is 12.4. The molecule has 1 N–H and O–H groups in total. The van der Waals surface area contributed by atoms with E-state index in [1.54, 1.807) is 11.8 Å². The van der Waals surface area contributed by atoms with Gasteiger partial charge in [0.1, 0.15) is 11.6 Å².